The van der Waals surface area contributed by atoms with E-state index in [1.807, 2.05) is 0 Å². The highest BCUT2D eigenvalue weighted by atomic mass is 28.4. The molecule has 0 fully saturated rings. The molecule has 0 aromatic heterocycles. The van der Waals surface area contributed by atoms with Gasteiger partial charge in [0.2, 0.25) is 0 Å². The molecule has 0 saturated carbocycles. The predicted molar refractivity (Wildman–Crippen MR) is 117 cm³/mol. The van der Waals surface area contributed by atoms with Crippen molar-refractivity contribution in [2.24, 2.45) is 0 Å². The van der Waals surface area contributed by atoms with Crippen molar-refractivity contribution < 1.29 is 8.85 Å². The van der Waals surface area contributed by atoms with Gasteiger partial charge in [0, 0.05) is 19.3 Å². The molecule has 3 nitrogen and oxygen atoms in total. The van der Waals surface area contributed by atoms with E-state index in [1.54, 1.807) is 0 Å². The van der Waals surface area contributed by atoms with Crippen molar-refractivity contribution in [2.45, 2.75) is 104 Å². The van der Waals surface area contributed by atoms with E-state index in [4.69, 9.17) is 8.85 Å². The molecule has 0 N–H and O–H groups in total. The number of nitrogens with zero attached hydrogens (tertiary/aromatic N) is 1. The molecular formula is C20H47NO2Si2. The Kier molecular flexibility index (Phi) is 12.1. The smallest absolute Gasteiger partial charge is 0.336 e. The lowest BCUT2D eigenvalue weighted by Crippen LogP contribution is -2.61. The zero-order chi connectivity index (χ0) is 19.7. The number of hydrogen-bond acceptors (Lipinski definition) is 3. The highest BCUT2D eigenvalue weighted by Crippen LogP contribution is 2.44. The highest BCUT2D eigenvalue weighted by molar-refractivity contribution is 6.81. The molecule has 152 valence electrons. The minimum Gasteiger partial charge on any atom is -0.395 e. The first kappa shape index (κ1) is 25.3. The van der Waals surface area contributed by atoms with Crippen molar-refractivity contribution >= 4 is 16.8 Å². The standard InChI is InChI=1S/C20H47NO2Si2/c1-11-14-15-21(16-17-24(10,22-12-2)23-13-3)25(18(4)5,19(6)7)20(8)9/h18-20H,11-17H2,1-10H3. The average Bonchev–Trinajstić information content (AvgIpc) is 2.49. The van der Waals surface area contributed by atoms with Crippen LogP contribution in [0, 0.1) is 0 Å². The van der Waals surface area contributed by atoms with E-state index in [1.165, 1.54) is 19.4 Å². The van der Waals surface area contributed by atoms with Gasteiger partial charge in [0.15, 0.2) is 0 Å². The van der Waals surface area contributed by atoms with Crippen LogP contribution in [0.4, 0.5) is 0 Å². The topological polar surface area (TPSA) is 21.7 Å². The Hall–Kier alpha value is 0.314. The van der Waals surface area contributed by atoms with Crippen LogP contribution in [0.15, 0.2) is 0 Å². The zero-order valence-corrected chi connectivity index (χ0v) is 20.9. The van der Waals surface area contributed by atoms with E-state index >= 15 is 0 Å². The molecule has 0 aliphatic heterocycles. The van der Waals surface area contributed by atoms with E-state index in [9.17, 15) is 0 Å². The molecule has 0 amide bonds. The first-order valence-corrected chi connectivity index (χ1v) is 15.3. The minimum absolute atomic E-state index is 0.761. The van der Waals surface area contributed by atoms with Crippen molar-refractivity contribution in [1.82, 2.24) is 4.57 Å². The molecular weight excluding hydrogens is 342 g/mol. The fraction of sp³-hybridized carbons (Fsp3) is 1.00. The van der Waals surface area contributed by atoms with Gasteiger partial charge in [-0.05, 0) is 56.5 Å². The van der Waals surface area contributed by atoms with E-state index < -0.39 is 16.8 Å². The summed E-state index contributed by atoms with van der Waals surface area (Å²) in [5.74, 6) is 0. The summed E-state index contributed by atoms with van der Waals surface area (Å²) in [4.78, 5) is 0. The van der Waals surface area contributed by atoms with Gasteiger partial charge in [-0.2, -0.15) is 0 Å². The molecule has 0 bridgehead atoms. The lowest BCUT2D eigenvalue weighted by atomic mass is 10.3. The summed E-state index contributed by atoms with van der Waals surface area (Å²) >= 11 is 0. The van der Waals surface area contributed by atoms with Crippen LogP contribution in [0.2, 0.25) is 29.2 Å². The molecule has 0 spiro atoms. The van der Waals surface area contributed by atoms with Crippen LogP contribution in [0.25, 0.3) is 0 Å². The van der Waals surface area contributed by atoms with Crippen LogP contribution in [0.1, 0.15) is 75.2 Å². The summed E-state index contributed by atoms with van der Waals surface area (Å²) in [6, 6.07) is 1.08. The molecule has 5 heteroatoms. The summed E-state index contributed by atoms with van der Waals surface area (Å²) in [5, 5.41) is 0. The monoisotopic (exact) mass is 389 g/mol. The van der Waals surface area contributed by atoms with E-state index in [0.717, 1.165) is 42.4 Å². The van der Waals surface area contributed by atoms with Gasteiger partial charge in [-0.1, -0.05) is 54.9 Å². The van der Waals surface area contributed by atoms with Gasteiger partial charge in [0.05, 0.1) is 0 Å². The van der Waals surface area contributed by atoms with Crippen LogP contribution < -0.4 is 0 Å². The summed E-state index contributed by atoms with van der Waals surface area (Å²) < 4.78 is 15.2. The quantitative estimate of drug-likeness (QED) is 0.320. The second-order valence-electron chi connectivity index (χ2n) is 8.44. The van der Waals surface area contributed by atoms with Crippen LogP contribution in [0.3, 0.4) is 0 Å². The van der Waals surface area contributed by atoms with E-state index in [-0.39, 0.29) is 0 Å². The molecule has 0 aromatic carbocycles. The molecule has 0 unspecified atom stereocenters. The molecule has 0 heterocycles. The normalized spacial score (nSPS) is 13.7. The third-order valence-corrected chi connectivity index (χ3v) is 15.9. The molecule has 0 aliphatic carbocycles. The predicted octanol–water partition coefficient (Wildman–Crippen LogP) is 6.41. The number of unbranched alkanes of at least 4 members (excludes halogenated alkanes) is 1. The van der Waals surface area contributed by atoms with Gasteiger partial charge >= 0.3 is 8.56 Å². The molecule has 0 aromatic rings. The van der Waals surface area contributed by atoms with Gasteiger partial charge in [-0.25, -0.2) is 0 Å². The molecule has 0 saturated heterocycles. The minimum atomic E-state index is -2.05. The SMILES string of the molecule is CCCCN(CC[Si](C)(OCC)OCC)[Si](C(C)C)(C(C)C)C(C)C. The summed E-state index contributed by atoms with van der Waals surface area (Å²) in [7, 11) is -3.65. The molecule has 0 rings (SSSR count). The van der Waals surface area contributed by atoms with Crippen LogP contribution >= 0.6 is 0 Å². The Balaban J connectivity index is 5.57. The lowest BCUT2D eigenvalue weighted by Gasteiger charge is -2.52. The van der Waals surface area contributed by atoms with E-state index in [0.29, 0.717) is 0 Å². The second kappa shape index (κ2) is 11.9. The Bertz CT molecular complexity index is 321. The highest BCUT2D eigenvalue weighted by Gasteiger charge is 2.48. The Morgan fingerprint density at radius 3 is 1.52 bits per heavy atom. The molecule has 0 radical (unpaired) electrons. The van der Waals surface area contributed by atoms with Gasteiger partial charge in [-0.3, -0.25) is 0 Å². The van der Waals surface area contributed by atoms with E-state index in [2.05, 4.69) is 73.4 Å². The lowest BCUT2D eigenvalue weighted by molar-refractivity contribution is 0.186. The number of rotatable bonds is 14. The van der Waals surface area contributed by atoms with Gasteiger partial charge < -0.3 is 13.4 Å². The van der Waals surface area contributed by atoms with Crippen molar-refractivity contribution in [1.29, 1.82) is 0 Å². The second-order valence-corrected chi connectivity index (χ2v) is 17.7. The maximum atomic E-state index is 6.12. The van der Waals surface area contributed by atoms with Gasteiger partial charge in [0.1, 0.15) is 8.24 Å². The largest absolute Gasteiger partial charge is 0.395 e. The molecule has 0 aliphatic rings. The summed E-state index contributed by atoms with van der Waals surface area (Å²) in [6.07, 6.45) is 2.56. The van der Waals surface area contributed by atoms with Crippen molar-refractivity contribution in [3.05, 3.63) is 0 Å². The fourth-order valence-electron chi connectivity index (χ4n) is 5.08. The van der Waals surface area contributed by atoms with Crippen LogP contribution in [-0.4, -0.2) is 47.7 Å². The van der Waals surface area contributed by atoms with Crippen molar-refractivity contribution in [2.75, 3.05) is 26.3 Å². The fourth-order valence-corrected chi connectivity index (χ4v) is 14.8. The van der Waals surface area contributed by atoms with Gasteiger partial charge in [0.25, 0.3) is 0 Å². The Morgan fingerprint density at radius 2 is 1.20 bits per heavy atom. The van der Waals surface area contributed by atoms with Crippen LogP contribution in [0.5, 0.6) is 0 Å². The molecule has 25 heavy (non-hydrogen) atoms. The summed E-state index contributed by atoms with van der Waals surface area (Å²) in [5.41, 5.74) is 2.28. The first-order valence-electron chi connectivity index (χ1n) is 10.6. The molecule has 0 atom stereocenters. The van der Waals surface area contributed by atoms with Crippen molar-refractivity contribution in [3.8, 4) is 0 Å². The maximum absolute atomic E-state index is 6.12. The first-order chi connectivity index (χ1) is 11.6. The zero-order valence-electron chi connectivity index (χ0n) is 18.9. The third kappa shape index (κ3) is 6.76. The summed E-state index contributed by atoms with van der Waals surface area (Å²) in [6.45, 7) is 27.4. The number of hydrogen-bond donors (Lipinski definition) is 0. The Morgan fingerprint density at radius 1 is 0.760 bits per heavy atom. The third-order valence-electron chi connectivity index (χ3n) is 5.84. The van der Waals surface area contributed by atoms with Gasteiger partial charge in [-0.15, -0.1) is 0 Å². The van der Waals surface area contributed by atoms with Crippen LogP contribution in [-0.2, 0) is 8.85 Å². The maximum Gasteiger partial charge on any atom is 0.336 e. The Labute approximate surface area is 161 Å². The average molecular weight is 390 g/mol. The van der Waals surface area contributed by atoms with Crippen molar-refractivity contribution in [3.63, 3.8) is 0 Å².